The molecule has 1 unspecified atom stereocenters. The van der Waals surface area contributed by atoms with Crippen LogP contribution >= 0.6 is 7.52 Å². The molecule has 8 nitrogen and oxygen atoms in total. The van der Waals surface area contributed by atoms with Gasteiger partial charge >= 0.3 is 0 Å². The fourth-order valence-electron chi connectivity index (χ4n) is 3.18. The third-order valence-corrected chi connectivity index (χ3v) is 6.78. The van der Waals surface area contributed by atoms with Crippen molar-refractivity contribution in [3.8, 4) is 17.2 Å². The van der Waals surface area contributed by atoms with Crippen molar-refractivity contribution < 1.29 is 28.1 Å². The molecule has 0 spiro atoms. The third-order valence-electron chi connectivity index (χ3n) is 4.62. The number of methoxy groups -OCH3 is 3. The predicted octanol–water partition coefficient (Wildman–Crippen LogP) is 2.77. The van der Waals surface area contributed by atoms with Crippen molar-refractivity contribution in [2.45, 2.75) is 25.8 Å². The SMILES string of the molecule is CCOP(C)(=O)N1CCC(NC(=O)c2cc(OC)c(OC)c(OC)c2)CC1. The van der Waals surface area contributed by atoms with E-state index in [0.717, 1.165) is 0 Å². The average molecular weight is 400 g/mol. The van der Waals surface area contributed by atoms with E-state index in [1.54, 1.807) is 18.8 Å². The second-order valence-corrected chi connectivity index (χ2v) is 8.77. The van der Waals surface area contributed by atoms with E-state index in [1.807, 2.05) is 11.6 Å². The van der Waals surface area contributed by atoms with Crippen LogP contribution in [0.1, 0.15) is 30.1 Å². The summed E-state index contributed by atoms with van der Waals surface area (Å²) in [6.07, 6.45) is 1.42. The van der Waals surface area contributed by atoms with E-state index in [1.165, 1.54) is 21.3 Å². The number of nitrogens with one attached hydrogen (secondary N) is 1. The Bertz CT molecular complexity index is 678. The number of benzene rings is 1. The molecular formula is C18H29N2O6P. The molecule has 27 heavy (non-hydrogen) atoms. The molecule has 0 aliphatic carbocycles. The predicted molar refractivity (Wildman–Crippen MR) is 103 cm³/mol. The lowest BCUT2D eigenvalue weighted by molar-refractivity contribution is 0.0921. The summed E-state index contributed by atoms with van der Waals surface area (Å²) in [7, 11) is 1.79. The average Bonchev–Trinajstić information content (AvgIpc) is 2.67. The minimum atomic E-state index is -2.74. The number of rotatable bonds is 8. The van der Waals surface area contributed by atoms with Crippen molar-refractivity contribution in [1.29, 1.82) is 0 Å². The maximum absolute atomic E-state index is 12.7. The minimum absolute atomic E-state index is 0.00877. The van der Waals surface area contributed by atoms with Gasteiger partial charge in [-0.2, -0.15) is 0 Å². The first-order valence-corrected chi connectivity index (χ1v) is 11.0. The van der Waals surface area contributed by atoms with Crippen LogP contribution in [-0.4, -0.2) is 64.3 Å². The fraction of sp³-hybridized carbons (Fsp3) is 0.611. The van der Waals surface area contributed by atoms with Gasteiger partial charge < -0.3 is 24.1 Å². The Labute approximate surface area is 160 Å². The first kappa shape index (κ1) is 21.5. The second kappa shape index (κ2) is 9.44. The molecule has 1 saturated heterocycles. The first-order chi connectivity index (χ1) is 12.9. The summed E-state index contributed by atoms with van der Waals surface area (Å²) in [5.74, 6) is 1.09. The van der Waals surface area contributed by atoms with E-state index in [9.17, 15) is 9.36 Å². The molecule has 1 atom stereocenters. The van der Waals surface area contributed by atoms with Gasteiger partial charge in [-0.15, -0.1) is 0 Å². The lowest BCUT2D eigenvalue weighted by atomic mass is 10.1. The highest BCUT2D eigenvalue weighted by Crippen LogP contribution is 2.48. The zero-order valence-electron chi connectivity index (χ0n) is 16.6. The summed E-state index contributed by atoms with van der Waals surface area (Å²) in [5.41, 5.74) is 0.433. The number of ether oxygens (including phenoxy) is 3. The van der Waals surface area contributed by atoms with Crippen molar-refractivity contribution in [1.82, 2.24) is 9.99 Å². The number of hydrogen-bond donors (Lipinski definition) is 1. The highest BCUT2D eigenvalue weighted by molar-refractivity contribution is 7.55. The van der Waals surface area contributed by atoms with E-state index in [4.69, 9.17) is 18.7 Å². The fourth-order valence-corrected chi connectivity index (χ4v) is 4.78. The lowest BCUT2D eigenvalue weighted by Gasteiger charge is -2.35. The van der Waals surface area contributed by atoms with Gasteiger partial charge in [0.15, 0.2) is 11.5 Å². The largest absolute Gasteiger partial charge is 0.493 e. The molecule has 0 saturated carbocycles. The summed E-state index contributed by atoms with van der Waals surface area (Å²) >= 11 is 0. The molecule has 152 valence electrons. The molecule has 1 N–H and O–H groups in total. The van der Waals surface area contributed by atoms with E-state index in [2.05, 4.69) is 5.32 Å². The molecule has 1 aromatic rings. The van der Waals surface area contributed by atoms with E-state index >= 15 is 0 Å². The maximum Gasteiger partial charge on any atom is 0.269 e. The van der Waals surface area contributed by atoms with E-state index < -0.39 is 7.52 Å². The Morgan fingerprint density at radius 1 is 1.15 bits per heavy atom. The van der Waals surface area contributed by atoms with Crippen LogP contribution in [-0.2, 0) is 9.09 Å². The summed E-state index contributed by atoms with van der Waals surface area (Å²) in [6.45, 7) is 5.14. The molecule has 1 fully saturated rings. The maximum atomic E-state index is 12.7. The molecule has 1 aliphatic rings. The van der Waals surface area contributed by atoms with Crippen LogP contribution in [0.4, 0.5) is 0 Å². The molecule has 1 heterocycles. The van der Waals surface area contributed by atoms with Crippen molar-refractivity contribution >= 4 is 13.4 Å². The molecule has 1 aliphatic heterocycles. The Balaban J connectivity index is 2.03. The highest BCUT2D eigenvalue weighted by Gasteiger charge is 2.31. The quantitative estimate of drug-likeness (QED) is 0.672. The summed E-state index contributed by atoms with van der Waals surface area (Å²) in [4.78, 5) is 12.7. The zero-order valence-corrected chi connectivity index (χ0v) is 17.5. The van der Waals surface area contributed by atoms with Gasteiger partial charge in [-0.3, -0.25) is 9.36 Å². The van der Waals surface area contributed by atoms with Crippen molar-refractivity contribution in [2.24, 2.45) is 0 Å². The Hall–Kier alpha value is -1.76. The molecule has 0 aromatic heterocycles. The smallest absolute Gasteiger partial charge is 0.269 e. The number of carbonyl (C=O) groups is 1. The monoisotopic (exact) mass is 400 g/mol. The van der Waals surface area contributed by atoms with Crippen molar-refractivity contribution in [2.75, 3.05) is 47.7 Å². The van der Waals surface area contributed by atoms with Gasteiger partial charge in [0.25, 0.3) is 13.4 Å². The van der Waals surface area contributed by atoms with Crippen LogP contribution in [0.5, 0.6) is 17.2 Å². The first-order valence-electron chi connectivity index (χ1n) is 8.94. The number of carbonyl (C=O) groups excluding carboxylic acids is 1. The van der Waals surface area contributed by atoms with Crippen LogP contribution < -0.4 is 19.5 Å². The Morgan fingerprint density at radius 2 is 1.70 bits per heavy atom. The normalized spacial score (nSPS) is 17.8. The van der Waals surface area contributed by atoms with Crippen LogP contribution in [0.2, 0.25) is 0 Å². The van der Waals surface area contributed by atoms with E-state index in [-0.39, 0.29) is 11.9 Å². The number of amides is 1. The Kier molecular flexibility index (Phi) is 7.53. The number of piperidine rings is 1. The molecule has 2 rings (SSSR count). The van der Waals surface area contributed by atoms with Gasteiger partial charge in [0.05, 0.1) is 27.9 Å². The zero-order chi connectivity index (χ0) is 20.0. The summed E-state index contributed by atoms with van der Waals surface area (Å²) in [6, 6.07) is 3.26. The van der Waals surface area contributed by atoms with Gasteiger partial charge in [0.1, 0.15) is 0 Å². The molecule has 0 radical (unpaired) electrons. The topological polar surface area (TPSA) is 86.3 Å². The number of nitrogens with zero attached hydrogens (tertiary/aromatic N) is 1. The highest BCUT2D eigenvalue weighted by atomic mass is 31.2. The molecular weight excluding hydrogens is 371 g/mol. The lowest BCUT2D eigenvalue weighted by Crippen LogP contribution is -2.43. The molecule has 1 aromatic carbocycles. The van der Waals surface area contributed by atoms with Crippen LogP contribution in [0.25, 0.3) is 0 Å². The van der Waals surface area contributed by atoms with E-state index in [0.29, 0.717) is 55.4 Å². The summed E-state index contributed by atoms with van der Waals surface area (Å²) < 4.78 is 35.6. The molecule has 9 heteroatoms. The molecule has 0 bridgehead atoms. The van der Waals surface area contributed by atoms with Gasteiger partial charge in [0.2, 0.25) is 5.75 Å². The van der Waals surface area contributed by atoms with Crippen molar-refractivity contribution in [3.05, 3.63) is 17.7 Å². The summed E-state index contributed by atoms with van der Waals surface area (Å²) in [5, 5.41) is 3.03. The van der Waals surface area contributed by atoms with Crippen LogP contribution in [0, 0.1) is 0 Å². The standard InChI is InChI=1S/C18H29N2O6P/c1-6-26-27(5,22)20-9-7-14(8-10-20)19-18(21)13-11-15(23-2)17(25-4)16(12-13)24-3/h11-12,14H,6-10H2,1-5H3,(H,19,21). The second-order valence-electron chi connectivity index (χ2n) is 6.34. The van der Waals surface area contributed by atoms with Gasteiger partial charge in [0, 0.05) is 31.4 Å². The van der Waals surface area contributed by atoms with Crippen molar-refractivity contribution in [3.63, 3.8) is 0 Å². The molecule has 1 amide bonds. The van der Waals surface area contributed by atoms with Gasteiger partial charge in [-0.25, -0.2) is 4.67 Å². The van der Waals surface area contributed by atoms with Gasteiger partial charge in [-0.1, -0.05) is 0 Å². The van der Waals surface area contributed by atoms with Crippen LogP contribution in [0.15, 0.2) is 12.1 Å². The van der Waals surface area contributed by atoms with Crippen LogP contribution in [0.3, 0.4) is 0 Å². The Morgan fingerprint density at radius 3 is 2.15 bits per heavy atom. The van der Waals surface area contributed by atoms with Gasteiger partial charge in [-0.05, 0) is 31.9 Å². The minimum Gasteiger partial charge on any atom is -0.493 e. The number of hydrogen-bond acceptors (Lipinski definition) is 6. The third kappa shape index (κ3) is 5.15.